The van der Waals surface area contributed by atoms with Gasteiger partial charge in [-0.2, -0.15) is 0 Å². The SMILES string of the molecule is CCCc1cnc(N2CCC(C(=O)OC)CC2)nc1. The van der Waals surface area contributed by atoms with Gasteiger partial charge < -0.3 is 9.64 Å². The molecule has 2 heterocycles. The summed E-state index contributed by atoms with van der Waals surface area (Å²) in [5.74, 6) is 0.697. The predicted molar refractivity (Wildman–Crippen MR) is 73.0 cm³/mol. The first-order valence-electron chi connectivity index (χ1n) is 6.88. The average Bonchev–Trinajstić information content (AvgIpc) is 2.48. The van der Waals surface area contributed by atoms with Crippen molar-refractivity contribution in [1.82, 2.24) is 9.97 Å². The molecule has 2 rings (SSSR count). The van der Waals surface area contributed by atoms with Gasteiger partial charge in [-0.15, -0.1) is 0 Å². The van der Waals surface area contributed by atoms with Crippen molar-refractivity contribution in [2.45, 2.75) is 32.6 Å². The quantitative estimate of drug-likeness (QED) is 0.776. The van der Waals surface area contributed by atoms with Gasteiger partial charge in [0.2, 0.25) is 5.95 Å². The summed E-state index contributed by atoms with van der Waals surface area (Å²) >= 11 is 0. The van der Waals surface area contributed by atoms with Crippen LogP contribution in [0, 0.1) is 5.92 Å². The molecule has 0 spiro atoms. The second-order valence-corrected chi connectivity index (χ2v) is 4.93. The van der Waals surface area contributed by atoms with Crippen molar-refractivity contribution in [3.8, 4) is 0 Å². The summed E-state index contributed by atoms with van der Waals surface area (Å²) in [4.78, 5) is 22.4. The number of nitrogens with zero attached hydrogens (tertiary/aromatic N) is 3. The molecule has 1 aliphatic rings. The number of ether oxygens (including phenoxy) is 1. The van der Waals surface area contributed by atoms with E-state index in [0.29, 0.717) is 0 Å². The summed E-state index contributed by atoms with van der Waals surface area (Å²) < 4.78 is 4.78. The molecule has 1 fully saturated rings. The monoisotopic (exact) mass is 263 g/mol. The van der Waals surface area contributed by atoms with Gasteiger partial charge in [0.05, 0.1) is 13.0 Å². The Bertz CT molecular complexity index is 411. The lowest BCUT2D eigenvalue weighted by Gasteiger charge is -2.30. The Balaban J connectivity index is 1.92. The fraction of sp³-hybridized carbons (Fsp3) is 0.643. The van der Waals surface area contributed by atoms with E-state index in [0.717, 1.165) is 44.7 Å². The largest absolute Gasteiger partial charge is 0.469 e. The number of aryl methyl sites for hydroxylation is 1. The van der Waals surface area contributed by atoms with Crippen LogP contribution < -0.4 is 4.90 Å². The zero-order chi connectivity index (χ0) is 13.7. The van der Waals surface area contributed by atoms with Gasteiger partial charge >= 0.3 is 5.97 Å². The number of piperidine rings is 1. The maximum Gasteiger partial charge on any atom is 0.308 e. The van der Waals surface area contributed by atoms with E-state index in [1.165, 1.54) is 12.7 Å². The molecular weight excluding hydrogens is 242 g/mol. The molecule has 1 aromatic heterocycles. The minimum Gasteiger partial charge on any atom is -0.469 e. The number of aromatic nitrogens is 2. The van der Waals surface area contributed by atoms with Gasteiger partial charge in [-0.05, 0) is 24.8 Å². The summed E-state index contributed by atoms with van der Waals surface area (Å²) in [5.41, 5.74) is 1.18. The fourth-order valence-corrected chi connectivity index (χ4v) is 2.41. The Morgan fingerprint density at radius 1 is 1.37 bits per heavy atom. The summed E-state index contributed by atoms with van der Waals surface area (Å²) in [5, 5.41) is 0. The molecule has 0 saturated carbocycles. The third-order valence-electron chi connectivity index (χ3n) is 3.54. The number of carbonyl (C=O) groups is 1. The Morgan fingerprint density at radius 2 is 2.00 bits per heavy atom. The van der Waals surface area contributed by atoms with E-state index >= 15 is 0 Å². The number of hydrogen-bond acceptors (Lipinski definition) is 5. The van der Waals surface area contributed by atoms with Crippen LogP contribution in [-0.4, -0.2) is 36.1 Å². The molecule has 0 aromatic carbocycles. The van der Waals surface area contributed by atoms with Crippen molar-refractivity contribution >= 4 is 11.9 Å². The van der Waals surface area contributed by atoms with E-state index in [1.807, 2.05) is 12.4 Å². The van der Waals surface area contributed by atoms with Gasteiger partial charge in [-0.1, -0.05) is 13.3 Å². The summed E-state index contributed by atoms with van der Waals surface area (Å²) in [6.07, 6.45) is 7.55. The van der Waals surface area contributed by atoms with Gasteiger partial charge in [0.1, 0.15) is 0 Å². The van der Waals surface area contributed by atoms with E-state index < -0.39 is 0 Å². The van der Waals surface area contributed by atoms with Gasteiger partial charge in [0.15, 0.2) is 0 Å². The molecule has 0 amide bonds. The molecule has 0 aliphatic carbocycles. The molecular formula is C14H21N3O2. The zero-order valence-corrected chi connectivity index (χ0v) is 11.6. The third-order valence-corrected chi connectivity index (χ3v) is 3.54. The molecule has 1 aliphatic heterocycles. The smallest absolute Gasteiger partial charge is 0.308 e. The summed E-state index contributed by atoms with van der Waals surface area (Å²) in [6.45, 7) is 3.77. The standard InChI is InChI=1S/C14H21N3O2/c1-3-4-11-9-15-14(16-10-11)17-7-5-12(6-8-17)13(18)19-2/h9-10,12H,3-8H2,1-2H3. The highest BCUT2D eigenvalue weighted by Gasteiger charge is 2.26. The van der Waals surface area contributed by atoms with Gasteiger partial charge in [-0.25, -0.2) is 9.97 Å². The topological polar surface area (TPSA) is 55.3 Å². The van der Waals surface area contributed by atoms with E-state index in [4.69, 9.17) is 4.74 Å². The third kappa shape index (κ3) is 3.43. The molecule has 104 valence electrons. The normalized spacial score (nSPS) is 16.4. The molecule has 0 N–H and O–H groups in total. The number of hydrogen-bond donors (Lipinski definition) is 0. The minimum absolute atomic E-state index is 0.0283. The van der Waals surface area contributed by atoms with Crippen LogP contribution in [0.25, 0.3) is 0 Å². The molecule has 0 unspecified atom stereocenters. The lowest BCUT2D eigenvalue weighted by molar-refractivity contribution is -0.146. The molecule has 1 saturated heterocycles. The molecule has 5 nitrogen and oxygen atoms in total. The van der Waals surface area contributed by atoms with Crippen LogP contribution >= 0.6 is 0 Å². The summed E-state index contributed by atoms with van der Waals surface area (Å²) in [6, 6.07) is 0. The number of methoxy groups -OCH3 is 1. The fourth-order valence-electron chi connectivity index (χ4n) is 2.41. The van der Waals surface area contributed by atoms with Crippen molar-refractivity contribution in [3.63, 3.8) is 0 Å². The second-order valence-electron chi connectivity index (χ2n) is 4.93. The highest BCUT2D eigenvalue weighted by Crippen LogP contribution is 2.21. The van der Waals surface area contributed by atoms with Gasteiger partial charge in [0.25, 0.3) is 0 Å². The van der Waals surface area contributed by atoms with E-state index in [-0.39, 0.29) is 11.9 Å². The summed E-state index contributed by atoms with van der Waals surface area (Å²) in [7, 11) is 1.45. The average molecular weight is 263 g/mol. The first-order chi connectivity index (χ1) is 9.24. The van der Waals surface area contributed by atoms with E-state index in [2.05, 4.69) is 21.8 Å². The van der Waals surface area contributed by atoms with Crippen LogP contribution in [0.15, 0.2) is 12.4 Å². The molecule has 1 aromatic rings. The highest BCUT2D eigenvalue weighted by atomic mass is 16.5. The van der Waals surface area contributed by atoms with Crippen LogP contribution in [0.5, 0.6) is 0 Å². The molecule has 0 bridgehead atoms. The second kappa shape index (κ2) is 6.50. The zero-order valence-electron chi connectivity index (χ0n) is 11.6. The van der Waals surface area contributed by atoms with Crippen molar-refractivity contribution in [1.29, 1.82) is 0 Å². The minimum atomic E-state index is -0.0983. The van der Waals surface area contributed by atoms with E-state index in [1.54, 1.807) is 0 Å². The Labute approximate surface area is 114 Å². The van der Waals surface area contributed by atoms with Crippen molar-refractivity contribution in [2.24, 2.45) is 5.92 Å². The Morgan fingerprint density at radius 3 is 2.53 bits per heavy atom. The molecule has 5 heteroatoms. The number of rotatable bonds is 4. The number of anilines is 1. The van der Waals surface area contributed by atoms with E-state index in [9.17, 15) is 4.79 Å². The first-order valence-corrected chi connectivity index (χ1v) is 6.88. The highest BCUT2D eigenvalue weighted by molar-refractivity contribution is 5.72. The number of esters is 1. The van der Waals surface area contributed by atoms with Crippen LogP contribution in [0.4, 0.5) is 5.95 Å². The van der Waals surface area contributed by atoms with Crippen LogP contribution in [0.3, 0.4) is 0 Å². The first kappa shape index (κ1) is 13.8. The lowest BCUT2D eigenvalue weighted by Crippen LogP contribution is -2.37. The lowest BCUT2D eigenvalue weighted by atomic mass is 9.97. The Kier molecular flexibility index (Phi) is 4.71. The Hall–Kier alpha value is -1.65. The molecule has 0 atom stereocenters. The van der Waals surface area contributed by atoms with Crippen LogP contribution in [0.2, 0.25) is 0 Å². The molecule has 0 radical (unpaired) electrons. The predicted octanol–water partition coefficient (Wildman–Crippen LogP) is 1.82. The maximum atomic E-state index is 11.5. The molecule has 19 heavy (non-hydrogen) atoms. The van der Waals surface area contributed by atoms with Crippen molar-refractivity contribution in [3.05, 3.63) is 18.0 Å². The van der Waals surface area contributed by atoms with Gasteiger partial charge in [0, 0.05) is 25.5 Å². The van der Waals surface area contributed by atoms with Crippen LogP contribution in [-0.2, 0) is 16.0 Å². The van der Waals surface area contributed by atoms with Gasteiger partial charge in [-0.3, -0.25) is 4.79 Å². The van der Waals surface area contributed by atoms with Crippen molar-refractivity contribution < 1.29 is 9.53 Å². The van der Waals surface area contributed by atoms with Crippen LogP contribution in [0.1, 0.15) is 31.7 Å². The van der Waals surface area contributed by atoms with Crippen molar-refractivity contribution in [2.75, 3.05) is 25.1 Å². The number of carbonyl (C=O) groups excluding carboxylic acids is 1. The maximum absolute atomic E-state index is 11.5.